The van der Waals surface area contributed by atoms with Gasteiger partial charge >= 0.3 is 0 Å². The number of hydrogen-bond donors (Lipinski definition) is 1. The smallest absolute Gasteiger partial charge is 0.223 e. The summed E-state index contributed by atoms with van der Waals surface area (Å²) in [4.78, 5) is 12.7. The van der Waals surface area contributed by atoms with Crippen molar-refractivity contribution >= 4 is 17.2 Å². The van der Waals surface area contributed by atoms with Crippen LogP contribution in [0.3, 0.4) is 0 Å². The van der Waals surface area contributed by atoms with Gasteiger partial charge in [0.25, 0.3) is 0 Å². The molecule has 0 saturated heterocycles. The molecule has 0 fully saturated rings. The Labute approximate surface area is 83.0 Å². The van der Waals surface area contributed by atoms with E-state index in [9.17, 15) is 4.79 Å². The predicted octanol–water partition coefficient (Wildman–Crippen LogP) is 2.06. The topological polar surface area (TPSA) is 29.1 Å². The molecule has 1 rings (SSSR count). The van der Waals surface area contributed by atoms with Crippen LogP contribution in [0.15, 0.2) is 17.5 Å². The maximum atomic E-state index is 11.4. The molecular weight excluding hydrogens is 182 g/mol. The molecule has 1 unspecified atom stereocenters. The molecule has 0 aliphatic carbocycles. The first kappa shape index (κ1) is 10.3. The lowest BCUT2D eigenvalue weighted by atomic mass is 10.0. The third-order valence-electron chi connectivity index (χ3n) is 2.14. The lowest BCUT2D eigenvalue weighted by molar-refractivity contribution is -0.124. The van der Waals surface area contributed by atoms with Gasteiger partial charge in [0, 0.05) is 17.8 Å². The van der Waals surface area contributed by atoms with Crippen molar-refractivity contribution in [3.8, 4) is 0 Å². The molecule has 1 amide bonds. The minimum atomic E-state index is 0.128. The Balaban J connectivity index is 2.54. The van der Waals surface area contributed by atoms with Crippen molar-refractivity contribution in [3.05, 3.63) is 22.4 Å². The van der Waals surface area contributed by atoms with E-state index < -0.39 is 0 Å². The second kappa shape index (κ2) is 5.02. The molecule has 13 heavy (non-hydrogen) atoms. The molecule has 3 heteroatoms. The molecule has 1 heterocycles. The fourth-order valence-corrected chi connectivity index (χ4v) is 2.08. The zero-order valence-corrected chi connectivity index (χ0v) is 8.86. The SMILES string of the molecule is CCC(Cc1cccs1)C(=O)NC. The first-order valence-corrected chi connectivity index (χ1v) is 5.39. The fraction of sp³-hybridized carbons (Fsp3) is 0.500. The van der Waals surface area contributed by atoms with Crippen LogP contribution in [0.4, 0.5) is 0 Å². The molecule has 0 spiro atoms. The van der Waals surface area contributed by atoms with Crippen molar-refractivity contribution in [2.24, 2.45) is 5.92 Å². The van der Waals surface area contributed by atoms with Crippen LogP contribution >= 0.6 is 11.3 Å². The molecule has 0 aliphatic heterocycles. The van der Waals surface area contributed by atoms with Gasteiger partial charge in [0.15, 0.2) is 0 Å². The Kier molecular flexibility index (Phi) is 3.96. The molecule has 2 nitrogen and oxygen atoms in total. The van der Waals surface area contributed by atoms with Crippen molar-refractivity contribution < 1.29 is 4.79 Å². The third-order valence-corrected chi connectivity index (χ3v) is 3.04. The summed E-state index contributed by atoms with van der Waals surface area (Å²) in [6, 6.07) is 4.10. The summed E-state index contributed by atoms with van der Waals surface area (Å²) >= 11 is 1.71. The van der Waals surface area contributed by atoms with E-state index in [1.54, 1.807) is 18.4 Å². The summed E-state index contributed by atoms with van der Waals surface area (Å²) in [6.07, 6.45) is 1.77. The van der Waals surface area contributed by atoms with Gasteiger partial charge in [-0.25, -0.2) is 0 Å². The number of nitrogens with one attached hydrogen (secondary N) is 1. The Morgan fingerprint density at radius 3 is 2.92 bits per heavy atom. The number of rotatable bonds is 4. The van der Waals surface area contributed by atoms with Crippen LogP contribution in [0.25, 0.3) is 0 Å². The highest BCUT2D eigenvalue weighted by Gasteiger charge is 2.15. The molecule has 1 atom stereocenters. The number of carbonyl (C=O) groups is 1. The Hall–Kier alpha value is -0.830. The third kappa shape index (κ3) is 2.84. The second-order valence-corrected chi connectivity index (χ2v) is 4.04. The highest BCUT2D eigenvalue weighted by Crippen LogP contribution is 2.16. The zero-order valence-electron chi connectivity index (χ0n) is 8.04. The minimum Gasteiger partial charge on any atom is -0.359 e. The van der Waals surface area contributed by atoms with E-state index >= 15 is 0 Å². The number of amides is 1. The Morgan fingerprint density at radius 1 is 1.69 bits per heavy atom. The molecule has 1 aromatic rings. The lowest BCUT2D eigenvalue weighted by Crippen LogP contribution is -2.28. The molecule has 1 aromatic heterocycles. The first-order valence-electron chi connectivity index (χ1n) is 4.52. The minimum absolute atomic E-state index is 0.128. The van der Waals surface area contributed by atoms with Crippen molar-refractivity contribution in [2.45, 2.75) is 19.8 Å². The molecule has 0 bridgehead atoms. The van der Waals surface area contributed by atoms with Crippen LogP contribution in [-0.2, 0) is 11.2 Å². The molecule has 0 radical (unpaired) electrons. The monoisotopic (exact) mass is 197 g/mol. The van der Waals surface area contributed by atoms with E-state index in [2.05, 4.69) is 11.4 Å². The number of carbonyl (C=O) groups excluding carboxylic acids is 1. The van der Waals surface area contributed by atoms with Crippen LogP contribution in [0.1, 0.15) is 18.2 Å². The highest BCUT2D eigenvalue weighted by atomic mass is 32.1. The van der Waals surface area contributed by atoms with Gasteiger partial charge in [0.05, 0.1) is 0 Å². The normalized spacial score (nSPS) is 12.5. The molecule has 0 saturated carbocycles. The summed E-state index contributed by atoms with van der Waals surface area (Å²) < 4.78 is 0. The van der Waals surface area contributed by atoms with Gasteiger partial charge in [-0.05, 0) is 24.3 Å². The van der Waals surface area contributed by atoms with Crippen LogP contribution < -0.4 is 5.32 Å². The maximum absolute atomic E-state index is 11.4. The van der Waals surface area contributed by atoms with Gasteiger partial charge in [0.1, 0.15) is 0 Å². The largest absolute Gasteiger partial charge is 0.359 e. The van der Waals surface area contributed by atoms with Crippen LogP contribution in [0.2, 0.25) is 0 Å². The first-order chi connectivity index (χ1) is 6.27. The summed E-state index contributed by atoms with van der Waals surface area (Å²) in [5, 5.41) is 4.74. The van der Waals surface area contributed by atoms with Gasteiger partial charge < -0.3 is 5.32 Å². The summed E-state index contributed by atoms with van der Waals surface area (Å²) in [6.45, 7) is 2.05. The van der Waals surface area contributed by atoms with Gasteiger partial charge in [-0.1, -0.05) is 13.0 Å². The van der Waals surface area contributed by atoms with Crippen LogP contribution in [-0.4, -0.2) is 13.0 Å². The fourth-order valence-electron chi connectivity index (χ4n) is 1.30. The van der Waals surface area contributed by atoms with Gasteiger partial charge in [0.2, 0.25) is 5.91 Å². The van der Waals surface area contributed by atoms with E-state index in [1.807, 2.05) is 18.4 Å². The van der Waals surface area contributed by atoms with E-state index in [-0.39, 0.29) is 11.8 Å². The second-order valence-electron chi connectivity index (χ2n) is 3.00. The van der Waals surface area contributed by atoms with Crippen molar-refractivity contribution in [2.75, 3.05) is 7.05 Å². The molecular formula is C10H15NOS. The highest BCUT2D eigenvalue weighted by molar-refractivity contribution is 7.09. The van der Waals surface area contributed by atoms with E-state index in [1.165, 1.54) is 4.88 Å². The molecule has 72 valence electrons. The van der Waals surface area contributed by atoms with E-state index in [0.29, 0.717) is 0 Å². The molecule has 1 N–H and O–H groups in total. The Bertz CT molecular complexity index is 256. The van der Waals surface area contributed by atoms with Gasteiger partial charge in [-0.15, -0.1) is 11.3 Å². The average molecular weight is 197 g/mol. The lowest BCUT2D eigenvalue weighted by Gasteiger charge is -2.11. The van der Waals surface area contributed by atoms with Crippen LogP contribution in [0, 0.1) is 5.92 Å². The zero-order chi connectivity index (χ0) is 9.68. The molecule has 0 aromatic carbocycles. The quantitative estimate of drug-likeness (QED) is 0.786. The summed E-state index contributed by atoms with van der Waals surface area (Å²) in [5.74, 6) is 0.277. The van der Waals surface area contributed by atoms with E-state index in [0.717, 1.165) is 12.8 Å². The number of thiophene rings is 1. The summed E-state index contributed by atoms with van der Waals surface area (Å²) in [5.41, 5.74) is 0. The Morgan fingerprint density at radius 2 is 2.46 bits per heavy atom. The number of hydrogen-bond acceptors (Lipinski definition) is 2. The van der Waals surface area contributed by atoms with Crippen molar-refractivity contribution in [1.29, 1.82) is 0 Å². The van der Waals surface area contributed by atoms with Gasteiger partial charge in [-0.3, -0.25) is 4.79 Å². The van der Waals surface area contributed by atoms with Crippen LogP contribution in [0.5, 0.6) is 0 Å². The predicted molar refractivity (Wildman–Crippen MR) is 55.9 cm³/mol. The van der Waals surface area contributed by atoms with Crippen molar-refractivity contribution in [1.82, 2.24) is 5.32 Å². The average Bonchev–Trinajstić information content (AvgIpc) is 2.65. The van der Waals surface area contributed by atoms with E-state index in [4.69, 9.17) is 0 Å². The van der Waals surface area contributed by atoms with Crippen molar-refractivity contribution in [3.63, 3.8) is 0 Å². The maximum Gasteiger partial charge on any atom is 0.223 e. The summed E-state index contributed by atoms with van der Waals surface area (Å²) in [7, 11) is 1.69. The standard InChI is InChI=1S/C10H15NOS/c1-3-8(10(12)11-2)7-9-5-4-6-13-9/h4-6,8H,3,7H2,1-2H3,(H,11,12). The molecule has 0 aliphatic rings. The van der Waals surface area contributed by atoms with Gasteiger partial charge in [-0.2, -0.15) is 0 Å².